The minimum Gasteiger partial charge on any atom is -0.462 e. The summed E-state index contributed by atoms with van der Waals surface area (Å²) in [5, 5.41) is 3.89. The molecular formula is C11H18N2O3S. The molecule has 1 N–H and O–H groups in total. The number of methoxy groups -OCH3 is 1. The second-order valence-electron chi connectivity index (χ2n) is 3.62. The Hall–Kier alpha value is -1.14. The highest BCUT2D eigenvalue weighted by Gasteiger charge is 2.19. The lowest BCUT2D eigenvalue weighted by molar-refractivity contribution is 0.0526. The van der Waals surface area contributed by atoms with Crippen LogP contribution in [0.1, 0.15) is 29.9 Å². The summed E-state index contributed by atoms with van der Waals surface area (Å²) in [5.74, 6) is -0.327. The largest absolute Gasteiger partial charge is 0.462 e. The zero-order valence-corrected chi connectivity index (χ0v) is 11.4. The Morgan fingerprint density at radius 1 is 1.59 bits per heavy atom. The molecule has 0 spiro atoms. The van der Waals surface area contributed by atoms with Crippen molar-refractivity contribution in [1.82, 2.24) is 4.37 Å². The molecule has 0 saturated carbocycles. The zero-order valence-electron chi connectivity index (χ0n) is 10.6. The van der Waals surface area contributed by atoms with Crippen molar-refractivity contribution >= 4 is 22.5 Å². The quantitative estimate of drug-likeness (QED) is 0.792. The number of rotatable bonds is 6. The van der Waals surface area contributed by atoms with Crippen LogP contribution >= 0.6 is 11.5 Å². The highest BCUT2D eigenvalue weighted by Crippen LogP contribution is 2.25. The Bertz CT molecular complexity index is 379. The number of hydrogen-bond acceptors (Lipinski definition) is 6. The molecule has 0 saturated heterocycles. The van der Waals surface area contributed by atoms with Crippen LogP contribution in [-0.4, -0.2) is 36.7 Å². The topological polar surface area (TPSA) is 60.5 Å². The van der Waals surface area contributed by atoms with E-state index in [2.05, 4.69) is 9.69 Å². The number of ether oxygens (including phenoxy) is 2. The van der Waals surface area contributed by atoms with Gasteiger partial charge < -0.3 is 14.8 Å². The monoisotopic (exact) mass is 258 g/mol. The molecule has 6 heteroatoms. The number of anilines is 1. The van der Waals surface area contributed by atoms with Crippen LogP contribution in [0.15, 0.2) is 0 Å². The Labute approximate surface area is 105 Å². The van der Waals surface area contributed by atoms with Crippen LogP contribution in [0, 0.1) is 6.92 Å². The Kier molecular flexibility index (Phi) is 5.37. The Balaban J connectivity index is 2.75. The van der Waals surface area contributed by atoms with Crippen LogP contribution in [0.3, 0.4) is 0 Å². The van der Waals surface area contributed by atoms with Gasteiger partial charge in [-0.15, -0.1) is 0 Å². The fourth-order valence-electron chi connectivity index (χ4n) is 1.25. The lowest BCUT2D eigenvalue weighted by Gasteiger charge is -2.11. The van der Waals surface area contributed by atoms with Gasteiger partial charge in [0.2, 0.25) is 0 Å². The SMILES string of the molecule is CCOC(=O)c1c(C)nsc1NCC(C)OC. The summed E-state index contributed by atoms with van der Waals surface area (Å²) >= 11 is 1.27. The van der Waals surface area contributed by atoms with Crippen molar-refractivity contribution in [2.45, 2.75) is 26.9 Å². The number of aromatic nitrogens is 1. The number of hydrogen-bond donors (Lipinski definition) is 1. The number of nitrogens with one attached hydrogen (secondary N) is 1. The van der Waals surface area contributed by atoms with E-state index in [4.69, 9.17) is 9.47 Å². The van der Waals surface area contributed by atoms with Crippen LogP contribution < -0.4 is 5.32 Å². The van der Waals surface area contributed by atoms with E-state index in [0.717, 1.165) is 5.00 Å². The third kappa shape index (κ3) is 3.67. The Morgan fingerprint density at radius 2 is 2.29 bits per heavy atom. The molecule has 1 aromatic heterocycles. The van der Waals surface area contributed by atoms with Crippen molar-refractivity contribution in [3.63, 3.8) is 0 Å². The molecule has 17 heavy (non-hydrogen) atoms. The molecule has 0 aromatic carbocycles. The molecule has 1 atom stereocenters. The summed E-state index contributed by atoms with van der Waals surface area (Å²) in [6.45, 7) is 6.53. The van der Waals surface area contributed by atoms with E-state index in [-0.39, 0.29) is 12.1 Å². The minimum absolute atomic E-state index is 0.0763. The summed E-state index contributed by atoms with van der Waals surface area (Å²) < 4.78 is 14.3. The normalized spacial score (nSPS) is 12.2. The van der Waals surface area contributed by atoms with Crippen molar-refractivity contribution in [2.75, 3.05) is 25.6 Å². The molecule has 0 aliphatic carbocycles. The van der Waals surface area contributed by atoms with Gasteiger partial charge >= 0.3 is 5.97 Å². The Morgan fingerprint density at radius 3 is 2.88 bits per heavy atom. The highest BCUT2D eigenvalue weighted by atomic mass is 32.1. The molecule has 0 aliphatic rings. The fraction of sp³-hybridized carbons (Fsp3) is 0.636. The van der Waals surface area contributed by atoms with Crippen LogP contribution in [0.2, 0.25) is 0 Å². The first-order chi connectivity index (χ1) is 8.10. The number of nitrogens with zero attached hydrogens (tertiary/aromatic N) is 1. The summed E-state index contributed by atoms with van der Waals surface area (Å²) in [6.07, 6.45) is 0.0763. The second kappa shape index (κ2) is 6.56. The summed E-state index contributed by atoms with van der Waals surface area (Å²) in [7, 11) is 1.65. The van der Waals surface area contributed by atoms with E-state index in [1.54, 1.807) is 21.0 Å². The van der Waals surface area contributed by atoms with Gasteiger partial charge in [-0.2, -0.15) is 4.37 Å². The number of carbonyl (C=O) groups excluding carboxylic acids is 1. The molecule has 1 aromatic rings. The summed E-state index contributed by atoms with van der Waals surface area (Å²) in [4.78, 5) is 11.7. The predicted octanol–water partition coefficient (Wildman–Crippen LogP) is 2.08. The molecule has 96 valence electrons. The molecule has 1 rings (SSSR count). The van der Waals surface area contributed by atoms with Crippen molar-refractivity contribution in [1.29, 1.82) is 0 Å². The third-order valence-electron chi connectivity index (χ3n) is 2.29. The number of aryl methyl sites for hydroxylation is 1. The fourth-order valence-corrected chi connectivity index (χ4v) is 2.04. The van der Waals surface area contributed by atoms with Gasteiger partial charge in [0.05, 0.1) is 18.4 Å². The standard InChI is InChI=1S/C11H18N2O3S/c1-5-16-11(14)9-8(3)13-17-10(9)12-6-7(2)15-4/h7,12H,5-6H2,1-4H3. The van der Waals surface area contributed by atoms with Gasteiger partial charge in [-0.05, 0) is 32.3 Å². The van der Waals surface area contributed by atoms with Crippen LogP contribution in [-0.2, 0) is 9.47 Å². The van der Waals surface area contributed by atoms with Gasteiger partial charge in [0, 0.05) is 13.7 Å². The van der Waals surface area contributed by atoms with E-state index >= 15 is 0 Å². The van der Waals surface area contributed by atoms with Crippen LogP contribution in [0.25, 0.3) is 0 Å². The molecule has 0 aliphatic heterocycles. The second-order valence-corrected chi connectivity index (χ2v) is 4.39. The van der Waals surface area contributed by atoms with Gasteiger partial charge in [0.15, 0.2) is 0 Å². The minimum atomic E-state index is -0.327. The molecule has 1 unspecified atom stereocenters. The van der Waals surface area contributed by atoms with E-state index in [1.165, 1.54) is 11.5 Å². The van der Waals surface area contributed by atoms with Crippen LogP contribution in [0.4, 0.5) is 5.00 Å². The van der Waals surface area contributed by atoms with Crippen molar-refractivity contribution < 1.29 is 14.3 Å². The predicted molar refractivity (Wildman–Crippen MR) is 67.8 cm³/mol. The average Bonchev–Trinajstić information content (AvgIpc) is 2.67. The first kappa shape index (κ1) is 13.9. The maximum absolute atomic E-state index is 11.7. The van der Waals surface area contributed by atoms with Crippen LogP contribution in [0.5, 0.6) is 0 Å². The van der Waals surface area contributed by atoms with Crippen molar-refractivity contribution in [3.05, 3.63) is 11.3 Å². The lowest BCUT2D eigenvalue weighted by atomic mass is 10.2. The maximum atomic E-state index is 11.7. The van der Waals surface area contributed by atoms with E-state index in [1.807, 2.05) is 6.92 Å². The van der Waals surface area contributed by atoms with E-state index < -0.39 is 0 Å². The van der Waals surface area contributed by atoms with Crippen molar-refractivity contribution in [2.24, 2.45) is 0 Å². The molecule has 5 nitrogen and oxygen atoms in total. The lowest BCUT2D eigenvalue weighted by Crippen LogP contribution is -2.19. The molecule has 1 heterocycles. The first-order valence-corrected chi connectivity index (χ1v) is 6.27. The average molecular weight is 258 g/mol. The first-order valence-electron chi connectivity index (χ1n) is 5.50. The number of carbonyl (C=O) groups is 1. The number of esters is 1. The molecule has 0 amide bonds. The summed E-state index contributed by atoms with van der Waals surface area (Å²) in [5.41, 5.74) is 1.22. The smallest absolute Gasteiger partial charge is 0.343 e. The van der Waals surface area contributed by atoms with E-state index in [0.29, 0.717) is 24.4 Å². The third-order valence-corrected chi connectivity index (χ3v) is 3.19. The van der Waals surface area contributed by atoms with Gasteiger partial charge in [-0.1, -0.05) is 0 Å². The van der Waals surface area contributed by atoms with Gasteiger partial charge in [0.25, 0.3) is 0 Å². The van der Waals surface area contributed by atoms with E-state index in [9.17, 15) is 4.79 Å². The van der Waals surface area contributed by atoms with Gasteiger partial charge in [-0.25, -0.2) is 4.79 Å². The molecular weight excluding hydrogens is 240 g/mol. The zero-order chi connectivity index (χ0) is 12.8. The van der Waals surface area contributed by atoms with Gasteiger partial charge in [-0.3, -0.25) is 0 Å². The molecule has 0 radical (unpaired) electrons. The van der Waals surface area contributed by atoms with Gasteiger partial charge in [0.1, 0.15) is 10.6 Å². The molecule has 0 fully saturated rings. The maximum Gasteiger partial charge on any atom is 0.343 e. The van der Waals surface area contributed by atoms with Crippen molar-refractivity contribution in [3.8, 4) is 0 Å². The highest BCUT2D eigenvalue weighted by molar-refractivity contribution is 7.10. The molecule has 0 bridgehead atoms. The summed E-state index contributed by atoms with van der Waals surface area (Å²) in [6, 6.07) is 0.